The van der Waals surface area contributed by atoms with Crippen LogP contribution in [0.5, 0.6) is 0 Å². The number of carbonyl (C=O) groups excluding carboxylic acids is 4. The van der Waals surface area contributed by atoms with Crippen molar-refractivity contribution in [3.05, 3.63) is 70.5 Å². The minimum Gasteiger partial charge on any atom is -0.454 e. The Balaban J connectivity index is 1.57. The van der Waals surface area contributed by atoms with Crippen LogP contribution in [0.4, 0.5) is 4.79 Å². The van der Waals surface area contributed by atoms with Crippen molar-refractivity contribution in [3.63, 3.8) is 0 Å². The highest BCUT2D eigenvalue weighted by Gasteiger charge is 2.22. The van der Waals surface area contributed by atoms with E-state index in [2.05, 4.69) is 21.3 Å². The minimum absolute atomic E-state index is 0.00286. The summed E-state index contributed by atoms with van der Waals surface area (Å²) < 4.78 is 21.9. The van der Waals surface area contributed by atoms with Crippen LogP contribution in [0, 0.1) is 0 Å². The molecule has 0 atom stereocenters. The van der Waals surface area contributed by atoms with Gasteiger partial charge in [-0.25, -0.2) is 4.79 Å². The van der Waals surface area contributed by atoms with Crippen molar-refractivity contribution in [2.45, 2.75) is 52.6 Å². The molecule has 4 heterocycles. The molecule has 3 aromatic heterocycles. The van der Waals surface area contributed by atoms with E-state index >= 15 is 0 Å². The van der Waals surface area contributed by atoms with Gasteiger partial charge >= 0.3 is 6.09 Å². The Morgan fingerprint density at radius 1 is 0.833 bits per heavy atom. The fourth-order valence-corrected chi connectivity index (χ4v) is 3.31. The zero-order valence-corrected chi connectivity index (χ0v) is 20.0. The molecule has 12 nitrogen and oxygen atoms in total. The molecule has 12 heteroatoms. The van der Waals surface area contributed by atoms with Crippen molar-refractivity contribution >= 4 is 23.8 Å². The maximum atomic E-state index is 12.7. The lowest BCUT2D eigenvalue weighted by Gasteiger charge is -2.19. The average molecular weight is 498 g/mol. The minimum atomic E-state index is -0.683. The van der Waals surface area contributed by atoms with Crippen LogP contribution in [-0.4, -0.2) is 29.4 Å². The van der Waals surface area contributed by atoms with E-state index in [-0.39, 0.29) is 49.2 Å². The van der Waals surface area contributed by atoms with Crippen LogP contribution < -0.4 is 21.3 Å². The summed E-state index contributed by atoms with van der Waals surface area (Å²) in [4.78, 5) is 49.7. The second-order valence-corrected chi connectivity index (χ2v) is 8.99. The first kappa shape index (κ1) is 24.6. The first-order chi connectivity index (χ1) is 17.1. The van der Waals surface area contributed by atoms with Crippen LogP contribution in [0.2, 0.25) is 0 Å². The quantitative estimate of drug-likeness (QED) is 0.419. The summed E-state index contributed by atoms with van der Waals surface area (Å²) in [6.45, 7) is 5.18. The number of carbonyl (C=O) groups is 4. The number of alkyl carbamates (subject to hydrolysis) is 1. The number of hydrogen-bond donors (Lipinski definition) is 4. The van der Waals surface area contributed by atoms with Crippen LogP contribution in [0.1, 0.15) is 75.3 Å². The van der Waals surface area contributed by atoms with E-state index in [0.717, 1.165) is 0 Å². The molecule has 190 valence electrons. The third kappa shape index (κ3) is 6.14. The average Bonchev–Trinajstić information content (AvgIpc) is 3.56. The van der Waals surface area contributed by atoms with E-state index in [1.165, 1.54) is 18.2 Å². The molecule has 0 spiro atoms. The highest BCUT2D eigenvalue weighted by molar-refractivity contribution is 5.93. The van der Waals surface area contributed by atoms with Gasteiger partial charge in [0.2, 0.25) is 0 Å². The molecule has 4 amide bonds. The Morgan fingerprint density at radius 2 is 1.36 bits per heavy atom. The monoisotopic (exact) mass is 498 g/mol. The van der Waals surface area contributed by atoms with Crippen molar-refractivity contribution in [1.82, 2.24) is 21.3 Å². The van der Waals surface area contributed by atoms with Crippen LogP contribution in [0.15, 0.2) is 43.6 Å². The summed E-state index contributed by atoms with van der Waals surface area (Å²) in [5, 5.41) is 10.6. The lowest BCUT2D eigenvalue weighted by molar-refractivity contribution is 0.0522. The maximum absolute atomic E-state index is 12.7. The second kappa shape index (κ2) is 10.0. The van der Waals surface area contributed by atoms with Crippen molar-refractivity contribution in [3.8, 4) is 0 Å². The Morgan fingerprint density at radius 3 is 1.92 bits per heavy atom. The van der Waals surface area contributed by atoms with Gasteiger partial charge in [0.25, 0.3) is 17.7 Å². The highest BCUT2D eigenvalue weighted by atomic mass is 16.6. The molecule has 0 fully saturated rings. The molecule has 6 bridgehead atoms. The molecule has 3 aromatic rings. The Kier molecular flexibility index (Phi) is 6.86. The molecule has 0 aromatic carbocycles. The van der Waals surface area contributed by atoms with Gasteiger partial charge < -0.3 is 39.3 Å². The molecule has 1 aliphatic rings. The smallest absolute Gasteiger partial charge is 0.407 e. The first-order valence-electron chi connectivity index (χ1n) is 11.2. The zero-order valence-electron chi connectivity index (χ0n) is 20.0. The maximum Gasteiger partial charge on any atom is 0.407 e. The van der Waals surface area contributed by atoms with Crippen LogP contribution in [0.25, 0.3) is 0 Å². The molecule has 0 radical (unpaired) electrons. The second-order valence-electron chi connectivity index (χ2n) is 8.99. The van der Waals surface area contributed by atoms with E-state index in [1.807, 2.05) is 0 Å². The number of fused-ring (bicyclic) bond motifs is 6. The predicted octanol–water partition coefficient (Wildman–Crippen LogP) is 2.59. The van der Waals surface area contributed by atoms with Gasteiger partial charge in [0, 0.05) is 12.1 Å². The molecular formula is C24H26N4O8. The van der Waals surface area contributed by atoms with Crippen molar-refractivity contribution in [1.29, 1.82) is 0 Å². The van der Waals surface area contributed by atoms with Gasteiger partial charge in [0.1, 0.15) is 22.9 Å². The van der Waals surface area contributed by atoms with Gasteiger partial charge in [-0.1, -0.05) is 0 Å². The fourth-order valence-electron chi connectivity index (χ4n) is 3.31. The molecule has 4 N–H and O–H groups in total. The number of furan rings is 3. The first-order valence-corrected chi connectivity index (χ1v) is 11.2. The summed E-state index contributed by atoms with van der Waals surface area (Å²) in [5.74, 6) is -0.510. The van der Waals surface area contributed by atoms with E-state index in [9.17, 15) is 19.2 Å². The molecule has 0 unspecified atom stereocenters. The predicted molar refractivity (Wildman–Crippen MR) is 123 cm³/mol. The summed E-state index contributed by atoms with van der Waals surface area (Å²) in [5.41, 5.74) is -0.211. The van der Waals surface area contributed by atoms with Crippen LogP contribution in [0.3, 0.4) is 0 Å². The standard InChI is InChI=1S/C24H26N4O8/c1-24(2,3)36-23(32)28-9-13-8-18-22(31)26-11-15-4-6-16(33-15)20(29)25-10-14-5-7-17(34-14)21(30)27-12-19(13)35-18/h4-8H,9-12H2,1-3H3,(H,25,29)(H,26,31)(H,27,30)(H,28,32). The largest absolute Gasteiger partial charge is 0.454 e. The third-order valence-electron chi connectivity index (χ3n) is 4.97. The van der Waals surface area contributed by atoms with Crippen molar-refractivity contribution < 1.29 is 37.2 Å². The summed E-state index contributed by atoms with van der Waals surface area (Å²) >= 11 is 0. The van der Waals surface area contributed by atoms with Gasteiger partial charge in [-0.3, -0.25) is 14.4 Å². The molecule has 0 saturated carbocycles. The lowest BCUT2D eigenvalue weighted by Crippen LogP contribution is -2.32. The Hall–Kier alpha value is -4.48. The lowest BCUT2D eigenvalue weighted by atomic mass is 10.2. The van der Waals surface area contributed by atoms with Crippen molar-refractivity contribution in [2.24, 2.45) is 0 Å². The van der Waals surface area contributed by atoms with Gasteiger partial charge in [-0.05, 0) is 51.1 Å². The van der Waals surface area contributed by atoms with Gasteiger partial charge in [0.15, 0.2) is 17.3 Å². The van der Waals surface area contributed by atoms with E-state index < -0.39 is 29.4 Å². The van der Waals surface area contributed by atoms with Crippen molar-refractivity contribution in [2.75, 3.05) is 0 Å². The number of amides is 4. The molecule has 36 heavy (non-hydrogen) atoms. The number of nitrogens with one attached hydrogen (secondary N) is 4. The number of hydrogen-bond acceptors (Lipinski definition) is 8. The molecule has 0 saturated heterocycles. The number of rotatable bonds is 2. The Labute approximate surface area is 205 Å². The van der Waals surface area contributed by atoms with Gasteiger partial charge in [-0.2, -0.15) is 0 Å². The summed E-state index contributed by atoms with van der Waals surface area (Å²) in [6.07, 6.45) is -0.643. The van der Waals surface area contributed by atoms with Gasteiger partial charge in [-0.15, -0.1) is 0 Å². The molecule has 0 aliphatic carbocycles. The topological polar surface area (TPSA) is 165 Å². The molecule has 4 rings (SSSR count). The van der Waals surface area contributed by atoms with E-state index in [4.69, 9.17) is 18.0 Å². The Bertz CT molecular complexity index is 1290. The summed E-state index contributed by atoms with van der Waals surface area (Å²) in [6, 6.07) is 7.56. The third-order valence-corrected chi connectivity index (χ3v) is 4.97. The SMILES string of the molecule is CC(C)(C)OC(=O)NCc1cc2oc1CNC(=O)c1ccc(o1)CNC(=O)c1ccc(o1)CNC2=O. The normalized spacial score (nSPS) is 14.7. The number of ether oxygens (including phenoxy) is 1. The molecule has 1 aliphatic heterocycles. The fraction of sp³-hybridized carbons (Fsp3) is 0.333. The molecular weight excluding hydrogens is 472 g/mol. The van der Waals surface area contributed by atoms with E-state index in [0.29, 0.717) is 17.1 Å². The van der Waals surface area contributed by atoms with Gasteiger partial charge in [0.05, 0.1) is 19.6 Å². The van der Waals surface area contributed by atoms with Crippen LogP contribution in [-0.2, 0) is 30.9 Å². The van der Waals surface area contributed by atoms with Crippen LogP contribution >= 0.6 is 0 Å². The summed E-state index contributed by atoms with van der Waals surface area (Å²) in [7, 11) is 0. The van der Waals surface area contributed by atoms with E-state index in [1.54, 1.807) is 32.9 Å². The highest BCUT2D eigenvalue weighted by Crippen LogP contribution is 2.18. The zero-order chi connectivity index (χ0) is 25.9.